The molecule has 0 amide bonds. The molecule has 0 bridgehead atoms. The van der Waals surface area contributed by atoms with Gasteiger partial charge in [0.25, 0.3) is 5.56 Å². The van der Waals surface area contributed by atoms with Crippen LogP contribution in [0, 0.1) is 6.92 Å². The number of ether oxygens (including phenoxy) is 1. The lowest BCUT2D eigenvalue weighted by molar-refractivity contribution is 0.0906. The molecule has 1 aliphatic rings. The summed E-state index contributed by atoms with van der Waals surface area (Å²) in [7, 11) is 0. The summed E-state index contributed by atoms with van der Waals surface area (Å²) < 4.78 is 7.75. The molecule has 200 valence electrons. The summed E-state index contributed by atoms with van der Waals surface area (Å²) in [5.41, 5.74) is 3.72. The highest BCUT2D eigenvalue weighted by atomic mass is 32.1. The normalized spacial score (nSPS) is 16.3. The van der Waals surface area contributed by atoms with Crippen molar-refractivity contribution in [3.8, 4) is 0 Å². The number of thiophene rings is 1. The van der Waals surface area contributed by atoms with Crippen LogP contribution in [0.4, 0.5) is 0 Å². The van der Waals surface area contributed by atoms with Gasteiger partial charge < -0.3 is 9.72 Å². The van der Waals surface area contributed by atoms with E-state index in [1.54, 1.807) is 11.3 Å². The minimum Gasteiger partial charge on any atom is -0.376 e. The van der Waals surface area contributed by atoms with Gasteiger partial charge in [0.2, 0.25) is 0 Å². The monoisotopic (exact) mass is 540 g/mol. The second-order valence-corrected chi connectivity index (χ2v) is 11.2. The largest absolute Gasteiger partial charge is 0.376 e. The molecule has 9 heteroatoms. The second kappa shape index (κ2) is 11.6. The molecule has 0 spiro atoms. The fourth-order valence-corrected chi connectivity index (χ4v) is 6.11. The number of nitrogens with zero attached hydrogens (tertiary/aromatic N) is 5. The Morgan fingerprint density at radius 3 is 2.85 bits per heavy atom. The average Bonchev–Trinajstić information content (AvgIpc) is 3.73. The fourth-order valence-electron chi connectivity index (χ4n) is 5.38. The first kappa shape index (κ1) is 25.6. The van der Waals surface area contributed by atoms with Crippen LogP contribution < -0.4 is 5.56 Å². The second-order valence-electron chi connectivity index (χ2n) is 10.2. The Hall–Kier alpha value is -3.66. The van der Waals surface area contributed by atoms with E-state index in [-0.39, 0.29) is 11.7 Å². The van der Waals surface area contributed by atoms with Gasteiger partial charge in [0.15, 0.2) is 5.82 Å². The summed E-state index contributed by atoms with van der Waals surface area (Å²) in [6.45, 7) is 4.79. The zero-order chi connectivity index (χ0) is 26.6. The molecule has 1 saturated heterocycles. The molecular weight excluding hydrogens is 508 g/mol. The maximum absolute atomic E-state index is 13.7. The number of pyridine rings is 1. The summed E-state index contributed by atoms with van der Waals surface area (Å²) in [4.78, 5) is 20.4. The van der Waals surface area contributed by atoms with Gasteiger partial charge in [0.05, 0.1) is 12.6 Å². The van der Waals surface area contributed by atoms with Gasteiger partial charge in [-0.15, -0.1) is 16.4 Å². The Labute approximate surface area is 231 Å². The van der Waals surface area contributed by atoms with E-state index in [2.05, 4.69) is 80.2 Å². The molecule has 0 radical (unpaired) electrons. The topological polar surface area (TPSA) is 88.9 Å². The Morgan fingerprint density at radius 1 is 1.15 bits per heavy atom. The van der Waals surface area contributed by atoms with Crippen molar-refractivity contribution in [2.24, 2.45) is 0 Å². The van der Waals surface area contributed by atoms with E-state index >= 15 is 0 Å². The minimum absolute atomic E-state index is 0.0699. The molecule has 0 unspecified atom stereocenters. The number of nitrogens with one attached hydrogen (secondary N) is 1. The number of aryl methyl sites for hydroxylation is 1. The number of fused-ring (bicyclic) bond motifs is 1. The van der Waals surface area contributed by atoms with E-state index in [9.17, 15) is 4.79 Å². The molecule has 1 N–H and O–H groups in total. The number of H-pyrrole nitrogens is 1. The van der Waals surface area contributed by atoms with Gasteiger partial charge in [0.1, 0.15) is 6.04 Å². The van der Waals surface area contributed by atoms with Gasteiger partial charge in [0, 0.05) is 35.7 Å². The molecule has 1 aliphatic heterocycles. The van der Waals surface area contributed by atoms with Crippen molar-refractivity contribution in [2.75, 3.05) is 13.2 Å². The molecule has 39 heavy (non-hydrogen) atoms. The first-order chi connectivity index (χ1) is 19.1. The molecule has 4 heterocycles. The van der Waals surface area contributed by atoms with Crippen molar-refractivity contribution in [1.29, 1.82) is 0 Å². The van der Waals surface area contributed by atoms with Crippen LogP contribution in [0.1, 0.15) is 46.3 Å². The zero-order valence-electron chi connectivity index (χ0n) is 22.0. The molecule has 0 aliphatic carbocycles. The highest BCUT2D eigenvalue weighted by Crippen LogP contribution is 2.30. The van der Waals surface area contributed by atoms with E-state index in [4.69, 9.17) is 4.74 Å². The van der Waals surface area contributed by atoms with Crippen molar-refractivity contribution in [3.63, 3.8) is 0 Å². The van der Waals surface area contributed by atoms with E-state index in [1.807, 2.05) is 28.9 Å². The molecule has 0 saturated carbocycles. The fraction of sp³-hybridized carbons (Fsp3) is 0.333. The van der Waals surface area contributed by atoms with Crippen LogP contribution in [0.15, 0.2) is 76.9 Å². The van der Waals surface area contributed by atoms with Crippen LogP contribution in [-0.2, 0) is 24.2 Å². The van der Waals surface area contributed by atoms with Gasteiger partial charge in [-0.3, -0.25) is 9.69 Å². The number of tetrazole rings is 1. The summed E-state index contributed by atoms with van der Waals surface area (Å²) in [6.07, 6.45) is 2.92. The summed E-state index contributed by atoms with van der Waals surface area (Å²) >= 11 is 1.72. The highest BCUT2D eigenvalue weighted by molar-refractivity contribution is 7.09. The molecular formula is C30H32N6O2S. The van der Waals surface area contributed by atoms with Crippen molar-refractivity contribution < 1.29 is 4.74 Å². The van der Waals surface area contributed by atoms with E-state index < -0.39 is 6.04 Å². The first-order valence-electron chi connectivity index (χ1n) is 13.5. The summed E-state index contributed by atoms with van der Waals surface area (Å²) in [6, 6.07) is 22.3. The smallest absolute Gasteiger partial charge is 0.253 e. The van der Waals surface area contributed by atoms with Gasteiger partial charge in [-0.1, -0.05) is 48.0 Å². The van der Waals surface area contributed by atoms with Crippen molar-refractivity contribution in [3.05, 3.63) is 110 Å². The quantitative estimate of drug-likeness (QED) is 0.271. The predicted octanol–water partition coefficient (Wildman–Crippen LogP) is 4.90. The Bertz CT molecular complexity index is 1570. The van der Waals surface area contributed by atoms with Crippen molar-refractivity contribution in [1.82, 2.24) is 30.1 Å². The third-order valence-electron chi connectivity index (χ3n) is 7.36. The van der Waals surface area contributed by atoms with E-state index in [0.717, 1.165) is 48.9 Å². The molecule has 8 nitrogen and oxygen atoms in total. The summed E-state index contributed by atoms with van der Waals surface area (Å²) in [5, 5.41) is 16.1. The first-order valence-corrected chi connectivity index (χ1v) is 14.3. The molecule has 1 fully saturated rings. The lowest BCUT2D eigenvalue weighted by Gasteiger charge is -2.31. The van der Waals surface area contributed by atoms with Crippen LogP contribution in [0.2, 0.25) is 0 Å². The molecule has 2 atom stereocenters. The van der Waals surface area contributed by atoms with E-state index in [0.29, 0.717) is 24.5 Å². The number of hydrogen-bond acceptors (Lipinski definition) is 7. The Morgan fingerprint density at radius 2 is 2.05 bits per heavy atom. The predicted molar refractivity (Wildman–Crippen MR) is 153 cm³/mol. The van der Waals surface area contributed by atoms with Crippen LogP contribution >= 0.6 is 11.3 Å². The van der Waals surface area contributed by atoms with Gasteiger partial charge in [-0.2, -0.15) is 0 Å². The SMILES string of the molecule is Cc1ccc2[nH]c(=O)c([C@H](c3nnnn3C[C@H]3CCCO3)N(CCc3ccccc3)Cc3cccs3)cc2c1. The zero-order valence-corrected chi connectivity index (χ0v) is 22.8. The number of benzene rings is 2. The van der Waals surface area contributed by atoms with Crippen LogP contribution in [-0.4, -0.2) is 49.3 Å². The lowest BCUT2D eigenvalue weighted by Crippen LogP contribution is -2.36. The third kappa shape index (κ3) is 5.85. The highest BCUT2D eigenvalue weighted by Gasteiger charge is 2.32. The number of rotatable bonds is 10. The van der Waals surface area contributed by atoms with E-state index in [1.165, 1.54) is 10.4 Å². The van der Waals surface area contributed by atoms with Crippen LogP contribution in [0.3, 0.4) is 0 Å². The lowest BCUT2D eigenvalue weighted by atomic mass is 10.0. The molecule has 5 aromatic rings. The number of aromatic nitrogens is 5. The molecule has 6 rings (SSSR count). The van der Waals surface area contributed by atoms with Crippen molar-refractivity contribution in [2.45, 2.75) is 51.4 Å². The third-order valence-corrected chi connectivity index (χ3v) is 8.22. The number of aromatic amines is 1. The van der Waals surface area contributed by atoms with Gasteiger partial charge >= 0.3 is 0 Å². The van der Waals surface area contributed by atoms with Crippen molar-refractivity contribution >= 4 is 22.2 Å². The molecule has 2 aromatic carbocycles. The van der Waals surface area contributed by atoms with Gasteiger partial charge in [-0.05, 0) is 77.2 Å². The minimum atomic E-state index is -0.444. The average molecular weight is 541 g/mol. The number of hydrogen-bond donors (Lipinski definition) is 1. The van der Waals surface area contributed by atoms with Crippen LogP contribution in [0.25, 0.3) is 10.9 Å². The Balaban J connectivity index is 1.46. The Kier molecular flexibility index (Phi) is 7.62. The maximum atomic E-state index is 13.7. The van der Waals surface area contributed by atoms with Crippen LogP contribution in [0.5, 0.6) is 0 Å². The van der Waals surface area contributed by atoms with Gasteiger partial charge in [-0.25, -0.2) is 4.68 Å². The summed E-state index contributed by atoms with van der Waals surface area (Å²) in [5.74, 6) is 0.660. The standard InChI is InChI=1S/C30H32N6O2S/c1-21-11-12-27-23(17-21)18-26(30(37)31-27)28(29-32-33-34-36(29)19-24-9-5-15-38-24)35(20-25-10-6-16-39-25)14-13-22-7-3-2-4-8-22/h2-4,6-8,10-12,16-18,24,28H,5,9,13-15,19-20H2,1H3,(H,31,37)/t24-,28-/m1/s1. The maximum Gasteiger partial charge on any atom is 0.253 e. The molecule has 3 aromatic heterocycles.